The third-order valence-electron chi connectivity index (χ3n) is 2.66. The van der Waals surface area contributed by atoms with Gasteiger partial charge in [-0.25, -0.2) is 0 Å². The van der Waals surface area contributed by atoms with Crippen LogP contribution < -0.4 is 11.1 Å². The highest BCUT2D eigenvalue weighted by molar-refractivity contribution is 5.75. The molecule has 0 radical (unpaired) electrons. The van der Waals surface area contributed by atoms with Gasteiger partial charge in [0.2, 0.25) is 5.91 Å². The Bertz CT molecular complexity index is 232. The van der Waals surface area contributed by atoms with Gasteiger partial charge in [-0.15, -0.1) is 0 Å². The van der Waals surface area contributed by atoms with E-state index in [4.69, 9.17) is 10.8 Å². The summed E-state index contributed by atoms with van der Waals surface area (Å²) in [5.74, 6) is -0.256. The summed E-state index contributed by atoms with van der Waals surface area (Å²) in [4.78, 5) is 21.6. The van der Waals surface area contributed by atoms with Crippen molar-refractivity contribution < 1.29 is 14.7 Å². The molecule has 0 aliphatic carbocycles. The van der Waals surface area contributed by atoms with Gasteiger partial charge in [0, 0.05) is 19.4 Å². The monoisotopic (exact) mass is 244 g/mol. The smallest absolute Gasteiger partial charge is 0.303 e. The molecule has 0 aromatic rings. The number of carbonyl (C=O) groups is 2. The van der Waals surface area contributed by atoms with Crippen LogP contribution in [0.1, 0.15) is 45.4 Å². The Morgan fingerprint density at radius 3 is 2.53 bits per heavy atom. The van der Waals surface area contributed by atoms with Gasteiger partial charge < -0.3 is 16.2 Å². The van der Waals surface area contributed by atoms with Crippen molar-refractivity contribution in [3.05, 3.63) is 0 Å². The van der Waals surface area contributed by atoms with Gasteiger partial charge in [0.15, 0.2) is 0 Å². The minimum atomic E-state index is -0.785. The first kappa shape index (κ1) is 15.9. The number of unbranched alkanes of at least 4 members (excludes halogenated alkanes) is 1. The summed E-state index contributed by atoms with van der Waals surface area (Å²) in [6, 6.07) is 0. The lowest BCUT2D eigenvalue weighted by Crippen LogP contribution is -2.24. The topological polar surface area (TPSA) is 92.4 Å². The lowest BCUT2D eigenvalue weighted by Gasteiger charge is -2.09. The number of nitrogens with two attached hydrogens (primary N) is 1. The summed E-state index contributed by atoms with van der Waals surface area (Å²) in [5, 5.41) is 11.2. The van der Waals surface area contributed by atoms with Crippen molar-refractivity contribution in [3.8, 4) is 0 Å². The van der Waals surface area contributed by atoms with Gasteiger partial charge in [0.05, 0.1) is 0 Å². The van der Waals surface area contributed by atoms with Crippen LogP contribution in [0.4, 0.5) is 0 Å². The van der Waals surface area contributed by atoms with E-state index >= 15 is 0 Å². The Kier molecular flexibility index (Phi) is 9.43. The van der Waals surface area contributed by atoms with Crippen LogP contribution in [-0.2, 0) is 9.59 Å². The molecule has 5 nitrogen and oxygen atoms in total. The lowest BCUT2D eigenvalue weighted by molar-refractivity contribution is -0.137. The molecule has 0 heterocycles. The average Bonchev–Trinajstić information content (AvgIpc) is 2.26. The SMILES string of the molecule is CC(CCN)CCC(=O)NCCCCC(=O)O. The first-order chi connectivity index (χ1) is 8.06. The van der Waals surface area contributed by atoms with E-state index in [1.54, 1.807) is 0 Å². The van der Waals surface area contributed by atoms with Crippen molar-refractivity contribution in [3.63, 3.8) is 0 Å². The second kappa shape index (κ2) is 10.1. The number of hydrogen-bond donors (Lipinski definition) is 3. The zero-order valence-corrected chi connectivity index (χ0v) is 10.6. The molecular weight excluding hydrogens is 220 g/mol. The fourth-order valence-electron chi connectivity index (χ4n) is 1.52. The van der Waals surface area contributed by atoms with Gasteiger partial charge in [0.1, 0.15) is 0 Å². The largest absolute Gasteiger partial charge is 0.481 e. The molecule has 17 heavy (non-hydrogen) atoms. The van der Waals surface area contributed by atoms with Crippen LogP contribution >= 0.6 is 0 Å². The van der Waals surface area contributed by atoms with E-state index in [1.807, 2.05) is 0 Å². The molecule has 4 N–H and O–H groups in total. The number of hydrogen-bond acceptors (Lipinski definition) is 3. The van der Waals surface area contributed by atoms with E-state index < -0.39 is 5.97 Å². The molecule has 0 saturated carbocycles. The molecule has 0 saturated heterocycles. The highest BCUT2D eigenvalue weighted by atomic mass is 16.4. The summed E-state index contributed by atoms with van der Waals surface area (Å²) >= 11 is 0. The zero-order valence-electron chi connectivity index (χ0n) is 10.6. The van der Waals surface area contributed by atoms with Crippen LogP contribution in [0.3, 0.4) is 0 Å². The van der Waals surface area contributed by atoms with Crippen LogP contribution in [0, 0.1) is 5.92 Å². The van der Waals surface area contributed by atoms with Crippen LogP contribution in [-0.4, -0.2) is 30.1 Å². The fourth-order valence-corrected chi connectivity index (χ4v) is 1.52. The van der Waals surface area contributed by atoms with Crippen LogP contribution in [0.15, 0.2) is 0 Å². The van der Waals surface area contributed by atoms with E-state index in [-0.39, 0.29) is 12.3 Å². The number of carbonyl (C=O) groups excluding carboxylic acids is 1. The van der Waals surface area contributed by atoms with Gasteiger partial charge in [-0.05, 0) is 38.1 Å². The number of aliphatic carboxylic acids is 1. The molecule has 0 rings (SSSR count). The number of carboxylic acids is 1. The van der Waals surface area contributed by atoms with Crippen molar-refractivity contribution in [1.82, 2.24) is 5.32 Å². The van der Waals surface area contributed by atoms with Gasteiger partial charge in [-0.3, -0.25) is 9.59 Å². The number of carboxylic acid groups (broad SMARTS) is 1. The molecular formula is C12H24N2O3. The van der Waals surface area contributed by atoms with Gasteiger partial charge in [-0.1, -0.05) is 6.92 Å². The van der Waals surface area contributed by atoms with Crippen LogP contribution in [0.25, 0.3) is 0 Å². The molecule has 0 fully saturated rings. The van der Waals surface area contributed by atoms with E-state index in [9.17, 15) is 9.59 Å². The van der Waals surface area contributed by atoms with Crippen molar-refractivity contribution in [2.45, 2.75) is 45.4 Å². The second-order valence-corrected chi connectivity index (χ2v) is 4.42. The summed E-state index contributed by atoms with van der Waals surface area (Å²) in [6.45, 7) is 3.32. The normalized spacial score (nSPS) is 12.1. The Hall–Kier alpha value is -1.10. The fraction of sp³-hybridized carbons (Fsp3) is 0.833. The zero-order chi connectivity index (χ0) is 13.1. The average molecular weight is 244 g/mol. The van der Waals surface area contributed by atoms with Crippen molar-refractivity contribution >= 4 is 11.9 Å². The van der Waals surface area contributed by atoms with Gasteiger partial charge in [0.25, 0.3) is 0 Å². The second-order valence-electron chi connectivity index (χ2n) is 4.42. The summed E-state index contributed by atoms with van der Waals surface area (Å²) in [5.41, 5.74) is 5.43. The van der Waals surface area contributed by atoms with Crippen molar-refractivity contribution in [2.75, 3.05) is 13.1 Å². The summed E-state index contributed by atoms with van der Waals surface area (Å²) < 4.78 is 0. The maximum absolute atomic E-state index is 11.4. The number of amides is 1. The molecule has 0 bridgehead atoms. The van der Waals surface area contributed by atoms with Gasteiger partial charge in [-0.2, -0.15) is 0 Å². The van der Waals surface area contributed by atoms with Crippen LogP contribution in [0.2, 0.25) is 0 Å². The molecule has 1 unspecified atom stereocenters. The van der Waals surface area contributed by atoms with Crippen molar-refractivity contribution in [1.29, 1.82) is 0 Å². The minimum Gasteiger partial charge on any atom is -0.481 e. The quantitative estimate of drug-likeness (QED) is 0.502. The maximum atomic E-state index is 11.4. The Balaban J connectivity index is 3.37. The highest BCUT2D eigenvalue weighted by Gasteiger charge is 2.05. The molecule has 0 aromatic heterocycles. The van der Waals surface area contributed by atoms with Crippen molar-refractivity contribution in [2.24, 2.45) is 11.7 Å². The molecule has 0 aliphatic rings. The van der Waals surface area contributed by atoms with Gasteiger partial charge >= 0.3 is 5.97 Å². The maximum Gasteiger partial charge on any atom is 0.303 e. The predicted molar refractivity (Wildman–Crippen MR) is 66.6 cm³/mol. The standard InChI is InChI=1S/C12H24N2O3/c1-10(7-8-13)5-6-11(15)14-9-3-2-4-12(16)17/h10H,2-9,13H2,1H3,(H,14,15)(H,16,17). The third-order valence-corrected chi connectivity index (χ3v) is 2.66. The van der Waals surface area contributed by atoms with E-state index in [2.05, 4.69) is 12.2 Å². The first-order valence-corrected chi connectivity index (χ1v) is 6.24. The number of nitrogens with one attached hydrogen (secondary N) is 1. The molecule has 1 atom stereocenters. The Morgan fingerprint density at radius 1 is 1.24 bits per heavy atom. The lowest BCUT2D eigenvalue weighted by atomic mass is 10.0. The number of rotatable bonds is 10. The Morgan fingerprint density at radius 2 is 1.94 bits per heavy atom. The minimum absolute atomic E-state index is 0.0456. The molecule has 0 aromatic carbocycles. The molecule has 100 valence electrons. The highest BCUT2D eigenvalue weighted by Crippen LogP contribution is 2.08. The molecule has 0 aliphatic heterocycles. The van der Waals surface area contributed by atoms with Crippen LogP contribution in [0.5, 0.6) is 0 Å². The first-order valence-electron chi connectivity index (χ1n) is 6.24. The molecule has 1 amide bonds. The molecule has 0 spiro atoms. The Labute approximate surface area is 103 Å². The third kappa shape index (κ3) is 11.2. The summed E-state index contributed by atoms with van der Waals surface area (Å²) in [7, 11) is 0. The summed E-state index contributed by atoms with van der Waals surface area (Å²) in [6.07, 6.45) is 3.84. The van der Waals surface area contributed by atoms with E-state index in [0.717, 1.165) is 19.3 Å². The predicted octanol–water partition coefficient (Wildman–Crippen LogP) is 1.12. The molecule has 5 heteroatoms. The van der Waals surface area contributed by atoms with E-state index in [1.165, 1.54) is 0 Å². The van der Waals surface area contributed by atoms with E-state index in [0.29, 0.717) is 31.8 Å².